The summed E-state index contributed by atoms with van der Waals surface area (Å²) in [4.78, 5) is 4.42. The molecule has 2 aromatic carbocycles. The molecule has 16 heavy (non-hydrogen) atoms. The maximum atomic E-state index is 4.42. The van der Waals surface area contributed by atoms with Gasteiger partial charge in [-0.05, 0) is 32.8 Å². The van der Waals surface area contributed by atoms with Gasteiger partial charge in [-0.25, -0.2) is 4.98 Å². The fourth-order valence-electron chi connectivity index (χ4n) is 1.71. The molecule has 1 heterocycles. The number of nitrogens with zero attached hydrogens (tertiary/aromatic N) is 1. The van der Waals surface area contributed by atoms with Crippen molar-refractivity contribution in [1.29, 1.82) is 0 Å². The average molecular weight is 290 g/mol. The number of aromatic nitrogens is 1. The number of thiazole rings is 1. The van der Waals surface area contributed by atoms with Gasteiger partial charge in [0.1, 0.15) is 9.61 Å². The normalized spacial score (nSPS) is 10.8. The third-order valence-electron chi connectivity index (χ3n) is 2.47. The summed E-state index contributed by atoms with van der Waals surface area (Å²) in [5.74, 6) is 0. The Morgan fingerprint density at radius 3 is 2.56 bits per heavy atom. The van der Waals surface area contributed by atoms with Crippen LogP contribution in [0.1, 0.15) is 0 Å². The quantitative estimate of drug-likeness (QED) is 0.631. The molecule has 0 bridgehead atoms. The smallest absolute Gasteiger partial charge is 0.124 e. The van der Waals surface area contributed by atoms with Crippen molar-refractivity contribution in [3.8, 4) is 10.6 Å². The summed E-state index contributed by atoms with van der Waals surface area (Å²) < 4.78 is 0.903. The van der Waals surface area contributed by atoms with E-state index >= 15 is 0 Å². The van der Waals surface area contributed by atoms with E-state index in [2.05, 4.69) is 63.4 Å². The molecule has 0 aliphatic carbocycles. The number of hydrogen-bond donors (Lipinski definition) is 0. The Labute approximate surface area is 106 Å². The van der Waals surface area contributed by atoms with E-state index in [-0.39, 0.29) is 0 Å². The lowest BCUT2D eigenvalue weighted by atomic mass is 10.1. The predicted molar refractivity (Wildman–Crippen MR) is 72.8 cm³/mol. The van der Waals surface area contributed by atoms with Crippen molar-refractivity contribution in [1.82, 2.24) is 4.98 Å². The summed E-state index contributed by atoms with van der Waals surface area (Å²) in [6, 6.07) is 14.8. The molecule has 0 fully saturated rings. The first-order chi connectivity index (χ1) is 7.83. The van der Waals surface area contributed by atoms with Crippen molar-refractivity contribution in [2.24, 2.45) is 0 Å². The third kappa shape index (κ3) is 1.77. The second-order valence-electron chi connectivity index (χ2n) is 3.54. The van der Waals surface area contributed by atoms with E-state index in [4.69, 9.17) is 0 Å². The Morgan fingerprint density at radius 1 is 1.00 bits per heavy atom. The van der Waals surface area contributed by atoms with Crippen LogP contribution >= 0.6 is 27.3 Å². The molecular formula is C13H8BrNS. The molecule has 1 nitrogen and oxygen atoms in total. The predicted octanol–water partition coefficient (Wildman–Crippen LogP) is 4.73. The molecule has 0 radical (unpaired) electrons. The Bertz CT molecular complexity index is 645. The van der Waals surface area contributed by atoms with Gasteiger partial charge in [-0.1, -0.05) is 36.4 Å². The first-order valence-corrected chi connectivity index (χ1v) is 6.60. The Balaban J connectivity index is 2.18. The summed E-state index contributed by atoms with van der Waals surface area (Å²) in [7, 11) is 0. The summed E-state index contributed by atoms with van der Waals surface area (Å²) in [5.41, 5.74) is 1.18. The van der Waals surface area contributed by atoms with Crippen LogP contribution in [0.2, 0.25) is 0 Å². The number of hydrogen-bond acceptors (Lipinski definition) is 2. The number of halogens is 1. The zero-order valence-corrected chi connectivity index (χ0v) is 10.8. The van der Waals surface area contributed by atoms with Crippen LogP contribution in [0.4, 0.5) is 0 Å². The molecule has 3 rings (SSSR count). The van der Waals surface area contributed by atoms with Crippen LogP contribution in [0.25, 0.3) is 21.3 Å². The van der Waals surface area contributed by atoms with Crippen LogP contribution in [0, 0.1) is 0 Å². The van der Waals surface area contributed by atoms with Crippen LogP contribution in [0.3, 0.4) is 0 Å². The highest BCUT2D eigenvalue weighted by Gasteiger charge is 2.03. The fraction of sp³-hybridized carbons (Fsp3) is 0. The molecule has 0 atom stereocenters. The second kappa shape index (κ2) is 4.00. The van der Waals surface area contributed by atoms with Crippen molar-refractivity contribution in [2.45, 2.75) is 0 Å². The van der Waals surface area contributed by atoms with E-state index in [0.717, 1.165) is 9.61 Å². The lowest BCUT2D eigenvalue weighted by Gasteiger charge is -2.00. The van der Waals surface area contributed by atoms with E-state index in [1.165, 1.54) is 16.3 Å². The Hall–Kier alpha value is -1.19. The lowest BCUT2D eigenvalue weighted by Crippen LogP contribution is -1.77. The number of fused-ring (bicyclic) bond motifs is 1. The highest BCUT2D eigenvalue weighted by molar-refractivity contribution is 9.10. The monoisotopic (exact) mass is 289 g/mol. The van der Waals surface area contributed by atoms with E-state index in [1.807, 2.05) is 5.38 Å². The van der Waals surface area contributed by atoms with Crippen molar-refractivity contribution in [3.05, 3.63) is 52.4 Å². The fourth-order valence-corrected chi connectivity index (χ4v) is 2.96. The van der Waals surface area contributed by atoms with Crippen LogP contribution in [0.5, 0.6) is 0 Å². The maximum absolute atomic E-state index is 4.42. The van der Waals surface area contributed by atoms with Gasteiger partial charge in [0, 0.05) is 10.9 Å². The van der Waals surface area contributed by atoms with Crippen molar-refractivity contribution >= 4 is 38.0 Å². The minimum atomic E-state index is 0.903. The molecule has 1 aromatic heterocycles. The molecule has 0 saturated heterocycles. The van der Waals surface area contributed by atoms with Crippen LogP contribution in [0.15, 0.2) is 52.4 Å². The largest absolute Gasteiger partial charge is 0.229 e. The summed E-state index contributed by atoms with van der Waals surface area (Å²) in [6.07, 6.45) is 0. The van der Waals surface area contributed by atoms with Crippen LogP contribution in [-0.2, 0) is 0 Å². The van der Waals surface area contributed by atoms with Crippen molar-refractivity contribution in [2.75, 3.05) is 0 Å². The standard InChI is InChI=1S/C13H8BrNS/c14-12-8-16-13(15-12)11-6-5-9-3-1-2-4-10(9)7-11/h1-8H. The maximum Gasteiger partial charge on any atom is 0.124 e. The summed E-state index contributed by atoms with van der Waals surface area (Å²) >= 11 is 5.03. The van der Waals surface area contributed by atoms with Gasteiger partial charge in [-0.3, -0.25) is 0 Å². The SMILES string of the molecule is Brc1csc(-c2ccc3ccccc3c2)n1. The third-order valence-corrected chi connectivity index (χ3v) is 4.07. The minimum absolute atomic E-state index is 0.903. The molecule has 78 valence electrons. The molecular weight excluding hydrogens is 282 g/mol. The minimum Gasteiger partial charge on any atom is -0.229 e. The summed E-state index contributed by atoms with van der Waals surface area (Å²) in [6.45, 7) is 0. The van der Waals surface area contributed by atoms with Gasteiger partial charge in [0.15, 0.2) is 0 Å². The van der Waals surface area contributed by atoms with Gasteiger partial charge in [0.05, 0.1) is 0 Å². The summed E-state index contributed by atoms with van der Waals surface area (Å²) in [5, 5.41) is 5.58. The zero-order chi connectivity index (χ0) is 11.0. The Kier molecular flexibility index (Phi) is 2.50. The van der Waals surface area contributed by atoms with Gasteiger partial charge in [-0.15, -0.1) is 11.3 Å². The molecule has 3 aromatic rings. The van der Waals surface area contributed by atoms with Crippen LogP contribution < -0.4 is 0 Å². The molecule has 0 unspecified atom stereocenters. The molecule has 0 aliphatic rings. The van der Waals surface area contributed by atoms with Crippen molar-refractivity contribution < 1.29 is 0 Å². The molecule has 0 aliphatic heterocycles. The zero-order valence-electron chi connectivity index (χ0n) is 8.35. The Morgan fingerprint density at radius 2 is 1.81 bits per heavy atom. The van der Waals surface area contributed by atoms with E-state index < -0.39 is 0 Å². The first kappa shape index (κ1) is 10.00. The second-order valence-corrected chi connectivity index (χ2v) is 5.21. The number of benzene rings is 2. The van der Waals surface area contributed by atoms with E-state index in [0.29, 0.717) is 0 Å². The molecule has 0 amide bonds. The van der Waals surface area contributed by atoms with Gasteiger partial charge in [-0.2, -0.15) is 0 Å². The van der Waals surface area contributed by atoms with Crippen LogP contribution in [-0.4, -0.2) is 4.98 Å². The number of rotatable bonds is 1. The van der Waals surface area contributed by atoms with Gasteiger partial charge in [0.25, 0.3) is 0 Å². The molecule has 0 saturated carbocycles. The van der Waals surface area contributed by atoms with Crippen molar-refractivity contribution in [3.63, 3.8) is 0 Å². The molecule has 0 spiro atoms. The topological polar surface area (TPSA) is 12.9 Å². The van der Waals surface area contributed by atoms with Gasteiger partial charge < -0.3 is 0 Å². The van der Waals surface area contributed by atoms with E-state index in [1.54, 1.807) is 11.3 Å². The van der Waals surface area contributed by atoms with E-state index in [9.17, 15) is 0 Å². The molecule has 0 N–H and O–H groups in total. The highest BCUT2D eigenvalue weighted by atomic mass is 79.9. The van der Waals surface area contributed by atoms with Gasteiger partial charge in [0.2, 0.25) is 0 Å². The lowest BCUT2D eigenvalue weighted by molar-refractivity contribution is 1.36. The first-order valence-electron chi connectivity index (χ1n) is 4.93. The molecule has 3 heteroatoms. The van der Waals surface area contributed by atoms with Gasteiger partial charge >= 0.3 is 0 Å². The highest BCUT2D eigenvalue weighted by Crippen LogP contribution is 2.28. The average Bonchev–Trinajstić information content (AvgIpc) is 2.75.